The molecule has 0 aliphatic carbocycles. The van der Waals surface area contributed by atoms with Crippen LogP contribution < -0.4 is 9.62 Å². The number of aryl methyl sites for hydroxylation is 3. The molecule has 25 heavy (non-hydrogen) atoms. The van der Waals surface area contributed by atoms with E-state index in [1.54, 1.807) is 25.1 Å². The summed E-state index contributed by atoms with van der Waals surface area (Å²) in [7, 11) is -3.65. The molecule has 132 valence electrons. The summed E-state index contributed by atoms with van der Waals surface area (Å²) in [5, 5.41) is 2.68. The first-order chi connectivity index (χ1) is 11.8. The molecule has 0 aromatic heterocycles. The van der Waals surface area contributed by atoms with Gasteiger partial charge in [-0.25, -0.2) is 8.42 Å². The monoisotopic (exact) mass is 358 g/mol. The lowest BCUT2D eigenvalue weighted by molar-refractivity contribution is -0.114. The summed E-state index contributed by atoms with van der Waals surface area (Å²) in [6.07, 6.45) is 1.70. The van der Waals surface area contributed by atoms with E-state index in [9.17, 15) is 13.2 Å². The Morgan fingerprint density at radius 2 is 1.88 bits per heavy atom. The van der Waals surface area contributed by atoms with Crippen LogP contribution in [0, 0.1) is 13.8 Å². The number of hydrogen-bond donors (Lipinski definition) is 1. The number of rotatable bonds is 3. The summed E-state index contributed by atoms with van der Waals surface area (Å²) in [6, 6.07) is 10.8. The van der Waals surface area contributed by atoms with Crippen molar-refractivity contribution in [3.05, 3.63) is 53.1 Å². The molecule has 0 spiro atoms. The van der Waals surface area contributed by atoms with Crippen molar-refractivity contribution in [2.45, 2.75) is 38.5 Å². The molecule has 1 heterocycles. The predicted octanol–water partition coefficient (Wildman–Crippen LogP) is 3.40. The molecule has 5 nitrogen and oxygen atoms in total. The van der Waals surface area contributed by atoms with Gasteiger partial charge < -0.3 is 5.32 Å². The molecule has 0 saturated carbocycles. The highest BCUT2D eigenvalue weighted by Gasteiger charge is 2.31. The number of para-hydroxylation sites is 1. The van der Waals surface area contributed by atoms with Gasteiger partial charge in [0, 0.05) is 19.2 Å². The lowest BCUT2D eigenvalue weighted by atomic mass is 10.0. The van der Waals surface area contributed by atoms with Crippen LogP contribution in [0.3, 0.4) is 0 Å². The number of nitrogens with one attached hydrogen (secondary N) is 1. The summed E-state index contributed by atoms with van der Waals surface area (Å²) >= 11 is 0. The zero-order chi connectivity index (χ0) is 18.2. The fraction of sp³-hybridized carbons (Fsp3) is 0.316. The molecule has 1 aliphatic rings. The summed E-state index contributed by atoms with van der Waals surface area (Å²) in [6.45, 7) is 5.60. The number of benzene rings is 2. The highest BCUT2D eigenvalue weighted by atomic mass is 32.2. The third-order valence-electron chi connectivity index (χ3n) is 4.44. The van der Waals surface area contributed by atoms with E-state index in [1.807, 2.05) is 25.1 Å². The lowest BCUT2D eigenvalue weighted by Crippen LogP contribution is -2.36. The number of carbonyl (C=O) groups is 1. The molecule has 0 radical (unpaired) electrons. The number of sulfonamides is 1. The maximum Gasteiger partial charge on any atom is 0.264 e. The Morgan fingerprint density at radius 3 is 2.56 bits per heavy atom. The molecule has 1 aliphatic heterocycles. The van der Waals surface area contributed by atoms with Gasteiger partial charge in [0.15, 0.2) is 0 Å². The second-order valence-corrected chi connectivity index (χ2v) is 8.26. The number of carbonyl (C=O) groups excluding carboxylic acids is 1. The minimum atomic E-state index is -3.65. The third-order valence-corrected chi connectivity index (χ3v) is 6.40. The van der Waals surface area contributed by atoms with Crippen molar-refractivity contribution in [3.8, 4) is 0 Å². The van der Waals surface area contributed by atoms with Crippen molar-refractivity contribution < 1.29 is 13.2 Å². The maximum atomic E-state index is 13.3. The van der Waals surface area contributed by atoms with Gasteiger partial charge in [-0.1, -0.05) is 18.2 Å². The summed E-state index contributed by atoms with van der Waals surface area (Å²) in [5.41, 5.74) is 4.06. The minimum absolute atomic E-state index is 0.185. The SMILES string of the molecule is CC(=O)Nc1ccc(S(=O)(=O)N2CCCc3cccc(C)c32)c(C)c1. The first-order valence-electron chi connectivity index (χ1n) is 8.30. The normalized spacial score (nSPS) is 14.1. The first kappa shape index (κ1) is 17.5. The standard InChI is InChI=1S/C19H22N2O3S/c1-13-6-4-7-16-8-5-11-21(19(13)16)25(23,24)18-10-9-17(12-14(18)2)20-15(3)22/h4,6-7,9-10,12H,5,8,11H2,1-3H3,(H,20,22). The zero-order valence-electron chi connectivity index (χ0n) is 14.7. The van der Waals surface area contributed by atoms with Crippen LogP contribution in [0.1, 0.15) is 30.0 Å². The van der Waals surface area contributed by atoms with Crippen molar-refractivity contribution in [1.29, 1.82) is 0 Å². The van der Waals surface area contributed by atoms with Gasteiger partial charge in [-0.15, -0.1) is 0 Å². The van der Waals surface area contributed by atoms with Crippen LogP contribution in [0.25, 0.3) is 0 Å². The highest BCUT2D eigenvalue weighted by molar-refractivity contribution is 7.92. The van der Waals surface area contributed by atoms with E-state index in [4.69, 9.17) is 0 Å². The van der Waals surface area contributed by atoms with E-state index in [0.717, 1.165) is 29.7 Å². The van der Waals surface area contributed by atoms with Gasteiger partial charge >= 0.3 is 0 Å². The number of anilines is 2. The lowest BCUT2D eigenvalue weighted by Gasteiger charge is -2.32. The van der Waals surface area contributed by atoms with Gasteiger partial charge in [0.2, 0.25) is 5.91 Å². The van der Waals surface area contributed by atoms with E-state index >= 15 is 0 Å². The van der Waals surface area contributed by atoms with Crippen molar-refractivity contribution in [2.75, 3.05) is 16.2 Å². The quantitative estimate of drug-likeness (QED) is 0.914. The van der Waals surface area contributed by atoms with E-state index in [1.165, 1.54) is 11.2 Å². The molecule has 0 bridgehead atoms. The Bertz CT molecular complexity index is 936. The van der Waals surface area contributed by atoms with Crippen LogP contribution in [0.5, 0.6) is 0 Å². The summed E-state index contributed by atoms with van der Waals surface area (Å²) in [5.74, 6) is -0.185. The summed E-state index contributed by atoms with van der Waals surface area (Å²) in [4.78, 5) is 11.5. The molecule has 3 rings (SSSR count). The second kappa shape index (κ2) is 6.52. The highest BCUT2D eigenvalue weighted by Crippen LogP contribution is 2.35. The number of amides is 1. The molecule has 6 heteroatoms. The second-order valence-electron chi connectivity index (χ2n) is 6.42. The fourth-order valence-electron chi connectivity index (χ4n) is 3.38. The Balaban J connectivity index is 2.06. The fourth-order valence-corrected chi connectivity index (χ4v) is 5.20. The van der Waals surface area contributed by atoms with Crippen molar-refractivity contribution in [1.82, 2.24) is 0 Å². The Morgan fingerprint density at radius 1 is 1.12 bits per heavy atom. The predicted molar refractivity (Wildman–Crippen MR) is 99.5 cm³/mol. The molecule has 0 fully saturated rings. The van der Waals surface area contributed by atoms with E-state index in [2.05, 4.69) is 5.32 Å². The van der Waals surface area contributed by atoms with Gasteiger partial charge in [-0.3, -0.25) is 9.10 Å². The topological polar surface area (TPSA) is 66.5 Å². The van der Waals surface area contributed by atoms with Gasteiger partial charge in [0.05, 0.1) is 10.6 Å². The Hall–Kier alpha value is -2.34. The molecular formula is C19H22N2O3S. The molecule has 1 N–H and O–H groups in total. The van der Waals surface area contributed by atoms with Crippen LogP contribution in [0.2, 0.25) is 0 Å². The number of fused-ring (bicyclic) bond motifs is 1. The van der Waals surface area contributed by atoms with Crippen LogP contribution in [-0.2, 0) is 21.2 Å². The maximum absolute atomic E-state index is 13.3. The molecule has 0 unspecified atom stereocenters. The summed E-state index contributed by atoms with van der Waals surface area (Å²) < 4.78 is 28.1. The number of hydrogen-bond acceptors (Lipinski definition) is 3. The van der Waals surface area contributed by atoms with E-state index in [-0.39, 0.29) is 10.8 Å². The Labute approximate surface area is 148 Å². The van der Waals surface area contributed by atoms with Crippen LogP contribution >= 0.6 is 0 Å². The van der Waals surface area contributed by atoms with Crippen LogP contribution in [0.15, 0.2) is 41.3 Å². The van der Waals surface area contributed by atoms with Gasteiger partial charge in [0.25, 0.3) is 10.0 Å². The third kappa shape index (κ3) is 3.26. The average molecular weight is 358 g/mol. The first-order valence-corrected chi connectivity index (χ1v) is 9.74. The molecule has 0 saturated heterocycles. The molecule has 0 atom stereocenters. The zero-order valence-corrected chi connectivity index (χ0v) is 15.5. The van der Waals surface area contributed by atoms with E-state index < -0.39 is 10.0 Å². The van der Waals surface area contributed by atoms with Crippen molar-refractivity contribution in [3.63, 3.8) is 0 Å². The molecular weight excluding hydrogens is 336 g/mol. The van der Waals surface area contributed by atoms with Crippen molar-refractivity contribution in [2.24, 2.45) is 0 Å². The smallest absolute Gasteiger partial charge is 0.264 e. The van der Waals surface area contributed by atoms with Crippen molar-refractivity contribution >= 4 is 27.3 Å². The van der Waals surface area contributed by atoms with Gasteiger partial charge in [-0.2, -0.15) is 0 Å². The number of nitrogens with zero attached hydrogens (tertiary/aromatic N) is 1. The van der Waals surface area contributed by atoms with Gasteiger partial charge in [0.1, 0.15) is 0 Å². The van der Waals surface area contributed by atoms with E-state index in [0.29, 0.717) is 17.8 Å². The molecule has 2 aromatic rings. The largest absolute Gasteiger partial charge is 0.326 e. The molecule has 1 amide bonds. The average Bonchev–Trinajstić information content (AvgIpc) is 2.54. The molecule has 2 aromatic carbocycles. The van der Waals surface area contributed by atoms with Gasteiger partial charge in [-0.05, 0) is 61.6 Å². The minimum Gasteiger partial charge on any atom is -0.326 e. The van der Waals surface area contributed by atoms with Crippen LogP contribution in [0.4, 0.5) is 11.4 Å². The van der Waals surface area contributed by atoms with Crippen LogP contribution in [-0.4, -0.2) is 20.9 Å². The Kier molecular flexibility index (Phi) is 4.56.